The van der Waals surface area contributed by atoms with Crippen LogP contribution >= 0.6 is 34.7 Å². The van der Waals surface area contributed by atoms with E-state index in [1.54, 1.807) is 36.0 Å². The first-order valence-corrected chi connectivity index (χ1v) is 13.3. The topological polar surface area (TPSA) is 68.5 Å². The summed E-state index contributed by atoms with van der Waals surface area (Å²) in [5.41, 5.74) is 0.831. The van der Waals surface area contributed by atoms with Gasteiger partial charge in [0.05, 0.1) is 15.1 Å². The summed E-state index contributed by atoms with van der Waals surface area (Å²) in [6.07, 6.45) is 3.96. The molecule has 0 saturated carbocycles. The van der Waals surface area contributed by atoms with Crippen LogP contribution in [0.25, 0.3) is 10.2 Å². The summed E-state index contributed by atoms with van der Waals surface area (Å²) in [6, 6.07) is 12.6. The van der Waals surface area contributed by atoms with Crippen LogP contribution in [0.1, 0.15) is 12.8 Å². The van der Waals surface area contributed by atoms with Crippen LogP contribution in [0.15, 0.2) is 69.9 Å². The van der Waals surface area contributed by atoms with E-state index < -0.39 is 9.84 Å². The second kappa shape index (κ2) is 9.96. The van der Waals surface area contributed by atoms with Crippen molar-refractivity contribution in [2.24, 2.45) is 4.99 Å². The second-order valence-electron chi connectivity index (χ2n) is 6.60. The number of amides is 1. The number of aromatic nitrogens is 1. The number of hydrogen-bond acceptors (Lipinski definition) is 5. The summed E-state index contributed by atoms with van der Waals surface area (Å²) < 4.78 is 26.3. The van der Waals surface area contributed by atoms with Crippen molar-refractivity contribution in [3.8, 4) is 0 Å². The van der Waals surface area contributed by atoms with Gasteiger partial charge >= 0.3 is 0 Å². The average Bonchev–Trinajstić information content (AvgIpc) is 3.02. The predicted molar refractivity (Wildman–Crippen MR) is 125 cm³/mol. The number of thiazole rings is 1. The Morgan fingerprint density at radius 1 is 1.27 bits per heavy atom. The monoisotopic (exact) mass is 480 g/mol. The number of carbonyl (C=O) groups excluding carboxylic acids is 1. The van der Waals surface area contributed by atoms with Crippen LogP contribution in [0, 0.1) is 0 Å². The molecule has 0 N–H and O–H groups in total. The number of hydrogen-bond donors (Lipinski definition) is 0. The Morgan fingerprint density at radius 3 is 2.67 bits per heavy atom. The fourth-order valence-electron chi connectivity index (χ4n) is 2.78. The molecule has 30 heavy (non-hydrogen) atoms. The summed E-state index contributed by atoms with van der Waals surface area (Å²) in [5, 5.41) is 0.702. The van der Waals surface area contributed by atoms with E-state index in [0.29, 0.717) is 29.2 Å². The lowest BCUT2D eigenvalue weighted by molar-refractivity contribution is -0.118. The number of rotatable bonds is 8. The minimum absolute atomic E-state index is 0.195. The Morgan fingerprint density at radius 2 is 2.00 bits per heavy atom. The molecule has 3 rings (SSSR count). The summed E-state index contributed by atoms with van der Waals surface area (Å²) >= 11 is 8.86. The average molecular weight is 481 g/mol. The lowest BCUT2D eigenvalue weighted by Gasteiger charge is -2.02. The highest BCUT2D eigenvalue weighted by atomic mass is 35.5. The highest BCUT2D eigenvalue weighted by Gasteiger charge is 2.12. The molecule has 2 aromatic carbocycles. The van der Waals surface area contributed by atoms with Crippen molar-refractivity contribution in [2.45, 2.75) is 29.2 Å². The molecular formula is C21H21ClN2O3S3. The van der Waals surface area contributed by atoms with Crippen molar-refractivity contribution in [1.29, 1.82) is 0 Å². The zero-order valence-corrected chi connectivity index (χ0v) is 19.6. The number of halogens is 1. The zero-order chi connectivity index (χ0) is 21.7. The first-order chi connectivity index (χ1) is 14.3. The number of carbonyl (C=O) groups is 1. The van der Waals surface area contributed by atoms with Gasteiger partial charge in [0.25, 0.3) is 0 Å². The van der Waals surface area contributed by atoms with Crippen LogP contribution in [-0.4, -0.2) is 30.9 Å². The molecule has 5 nitrogen and oxygen atoms in total. The van der Waals surface area contributed by atoms with Crippen LogP contribution in [0.5, 0.6) is 0 Å². The van der Waals surface area contributed by atoms with Gasteiger partial charge in [-0.1, -0.05) is 29.0 Å². The third kappa shape index (κ3) is 5.85. The third-order valence-corrected chi connectivity index (χ3v) is 7.73. The maximum absolute atomic E-state index is 12.4. The van der Waals surface area contributed by atoms with Crippen molar-refractivity contribution in [3.05, 3.63) is 64.9 Å². The molecule has 0 unspecified atom stereocenters. The van der Waals surface area contributed by atoms with E-state index in [4.69, 9.17) is 11.6 Å². The molecular weight excluding hydrogens is 460 g/mol. The van der Waals surface area contributed by atoms with Gasteiger partial charge in [-0.3, -0.25) is 4.79 Å². The molecule has 0 aliphatic carbocycles. The minimum Gasteiger partial charge on any atom is -0.313 e. The van der Waals surface area contributed by atoms with Crippen LogP contribution in [-0.2, 0) is 21.2 Å². The number of nitrogens with zero attached hydrogens (tertiary/aromatic N) is 2. The molecule has 1 heterocycles. The van der Waals surface area contributed by atoms with E-state index in [0.717, 1.165) is 20.9 Å². The predicted octanol–water partition coefficient (Wildman–Crippen LogP) is 4.95. The van der Waals surface area contributed by atoms with Crippen LogP contribution in [0.4, 0.5) is 0 Å². The Balaban J connectivity index is 1.74. The van der Waals surface area contributed by atoms with Gasteiger partial charge < -0.3 is 4.57 Å². The Labute approximate surface area is 189 Å². The number of thioether (sulfide) groups is 1. The SMILES string of the molecule is C=CCn1c(=NC(=O)CCCSc2ccc(Cl)cc2)sc2cc(S(C)(=O)=O)ccc21. The Bertz CT molecular complexity index is 1240. The van der Waals surface area contributed by atoms with E-state index in [1.807, 2.05) is 28.8 Å². The van der Waals surface area contributed by atoms with Gasteiger partial charge in [0.15, 0.2) is 14.6 Å². The van der Waals surface area contributed by atoms with E-state index in [-0.39, 0.29) is 10.8 Å². The Hall–Kier alpha value is -1.87. The normalized spacial score (nSPS) is 12.4. The molecule has 1 amide bonds. The molecule has 0 fully saturated rings. The molecule has 158 valence electrons. The van der Waals surface area contributed by atoms with Gasteiger partial charge in [0, 0.05) is 29.1 Å². The molecule has 0 spiro atoms. The van der Waals surface area contributed by atoms with Gasteiger partial charge in [0.1, 0.15) is 0 Å². The standard InChI is InChI=1S/C21H21ClN2O3S3/c1-3-12-24-18-11-10-17(30(2,26)27)14-19(18)29-21(24)23-20(25)5-4-13-28-16-8-6-15(22)7-9-16/h3,6-11,14H,1,4-5,12-13H2,2H3. The quantitative estimate of drug-likeness (QED) is 0.260. The van der Waals surface area contributed by atoms with Crippen molar-refractivity contribution in [3.63, 3.8) is 0 Å². The molecule has 9 heteroatoms. The zero-order valence-electron chi connectivity index (χ0n) is 16.4. The van der Waals surface area contributed by atoms with E-state index in [2.05, 4.69) is 11.6 Å². The Kier molecular flexibility index (Phi) is 7.57. The summed E-state index contributed by atoms with van der Waals surface area (Å²) in [5.74, 6) is 0.610. The maximum atomic E-state index is 12.4. The maximum Gasteiger partial charge on any atom is 0.248 e. The molecule has 0 radical (unpaired) electrons. The van der Waals surface area contributed by atoms with Gasteiger partial charge in [-0.25, -0.2) is 8.42 Å². The molecule has 0 aliphatic rings. The summed E-state index contributed by atoms with van der Waals surface area (Å²) in [6.45, 7) is 4.25. The van der Waals surface area contributed by atoms with Crippen molar-refractivity contribution < 1.29 is 13.2 Å². The van der Waals surface area contributed by atoms with Gasteiger partial charge in [-0.15, -0.1) is 18.3 Å². The summed E-state index contributed by atoms with van der Waals surface area (Å²) in [7, 11) is -3.30. The van der Waals surface area contributed by atoms with E-state index >= 15 is 0 Å². The third-order valence-electron chi connectivity index (χ3n) is 4.23. The number of benzene rings is 2. The molecule has 1 aromatic heterocycles. The van der Waals surface area contributed by atoms with Crippen LogP contribution < -0.4 is 4.80 Å². The largest absolute Gasteiger partial charge is 0.313 e. The van der Waals surface area contributed by atoms with E-state index in [1.165, 1.54) is 17.6 Å². The second-order valence-corrected chi connectivity index (χ2v) is 11.2. The molecule has 3 aromatic rings. The van der Waals surface area contributed by atoms with E-state index in [9.17, 15) is 13.2 Å². The lowest BCUT2D eigenvalue weighted by Crippen LogP contribution is -2.16. The van der Waals surface area contributed by atoms with Gasteiger partial charge in [0.2, 0.25) is 5.91 Å². The van der Waals surface area contributed by atoms with Crippen LogP contribution in [0.2, 0.25) is 5.02 Å². The lowest BCUT2D eigenvalue weighted by atomic mass is 10.3. The first-order valence-electron chi connectivity index (χ1n) is 9.18. The number of sulfone groups is 1. The van der Waals surface area contributed by atoms with Crippen molar-refractivity contribution in [2.75, 3.05) is 12.0 Å². The van der Waals surface area contributed by atoms with Gasteiger partial charge in [-0.05, 0) is 54.6 Å². The highest BCUT2D eigenvalue weighted by molar-refractivity contribution is 7.99. The molecule has 0 aliphatic heterocycles. The smallest absolute Gasteiger partial charge is 0.248 e. The number of allylic oxidation sites excluding steroid dienone is 1. The summed E-state index contributed by atoms with van der Waals surface area (Å²) in [4.78, 5) is 18.6. The molecule has 0 atom stereocenters. The first kappa shape index (κ1) is 22.8. The molecule has 0 bridgehead atoms. The van der Waals surface area contributed by atoms with Crippen molar-refractivity contribution >= 4 is 60.7 Å². The van der Waals surface area contributed by atoms with Crippen molar-refractivity contribution in [1.82, 2.24) is 4.57 Å². The van der Waals surface area contributed by atoms with Gasteiger partial charge in [-0.2, -0.15) is 4.99 Å². The minimum atomic E-state index is -3.30. The highest BCUT2D eigenvalue weighted by Crippen LogP contribution is 2.23. The fraction of sp³-hybridized carbons (Fsp3) is 0.238. The fourth-order valence-corrected chi connectivity index (χ4v) is 5.58. The molecule has 0 saturated heterocycles. The number of fused-ring (bicyclic) bond motifs is 1. The van der Waals surface area contributed by atoms with Crippen LogP contribution in [0.3, 0.4) is 0 Å².